The highest BCUT2D eigenvalue weighted by Gasteiger charge is 2.19. The highest BCUT2D eigenvalue weighted by Crippen LogP contribution is 2.38. The zero-order chi connectivity index (χ0) is 29.0. The number of aromatic nitrogens is 5. The van der Waals surface area contributed by atoms with Gasteiger partial charge in [-0.3, -0.25) is 9.97 Å². The molecule has 0 N–H and O–H groups in total. The average molecular weight is 564 g/mol. The van der Waals surface area contributed by atoms with E-state index in [4.69, 9.17) is 4.98 Å². The number of nitrogens with zero attached hydrogens (tertiary/aromatic N) is 5. The third-order valence-corrected chi connectivity index (χ3v) is 8.44. The topological polar surface area (TPSA) is 48.5 Å². The Balaban J connectivity index is 1.29. The van der Waals surface area contributed by atoms with Crippen molar-refractivity contribution in [3.05, 3.63) is 152 Å². The monoisotopic (exact) mass is 563 g/mol. The van der Waals surface area contributed by atoms with Crippen molar-refractivity contribution in [3.8, 4) is 33.9 Å². The minimum Gasteiger partial charge on any atom is -0.308 e. The second-order valence-corrected chi connectivity index (χ2v) is 11.0. The highest BCUT2D eigenvalue weighted by atomic mass is 15.0. The molecule has 5 aromatic heterocycles. The van der Waals surface area contributed by atoms with Crippen LogP contribution < -0.4 is 0 Å². The van der Waals surface area contributed by atoms with Gasteiger partial charge in [-0.05, 0) is 66.7 Å². The molecular weight excluding hydrogens is 538 g/mol. The van der Waals surface area contributed by atoms with Crippen molar-refractivity contribution in [2.75, 3.05) is 0 Å². The zero-order valence-electron chi connectivity index (χ0n) is 23.7. The summed E-state index contributed by atoms with van der Waals surface area (Å²) in [5, 5.41) is 2.27. The fourth-order valence-corrected chi connectivity index (χ4v) is 6.41. The SMILES string of the molecule is c1ccc(-c2ccc(-n3c4ccccc4c4nc5c6ccccc6n(-c6ccc(-c7ccccn7)cc6)c5cc43)cc2)nc1. The quantitative estimate of drug-likeness (QED) is 0.214. The Kier molecular flexibility index (Phi) is 5.43. The summed E-state index contributed by atoms with van der Waals surface area (Å²) in [5.74, 6) is 0. The summed E-state index contributed by atoms with van der Waals surface area (Å²) in [6, 6.07) is 48.6. The van der Waals surface area contributed by atoms with Crippen molar-refractivity contribution in [2.24, 2.45) is 0 Å². The van der Waals surface area contributed by atoms with Crippen LogP contribution in [0, 0.1) is 0 Å². The molecule has 0 spiro atoms. The minimum absolute atomic E-state index is 0.961. The first-order valence-electron chi connectivity index (χ1n) is 14.7. The van der Waals surface area contributed by atoms with Crippen molar-refractivity contribution in [1.29, 1.82) is 0 Å². The summed E-state index contributed by atoms with van der Waals surface area (Å²) in [6.45, 7) is 0. The molecule has 0 fully saturated rings. The predicted octanol–water partition coefficient (Wildman–Crippen LogP) is 9.40. The molecule has 0 bridgehead atoms. The van der Waals surface area contributed by atoms with E-state index in [1.807, 2.05) is 48.8 Å². The second kappa shape index (κ2) is 9.75. The standard InChI is InChI=1S/C39H25N5/c1-3-13-34-30(9-1)38-36(43(34)28-19-15-26(16-20-28)32-11-5-7-23-40-32)25-37-39(42-38)31-10-2-4-14-35(31)44(37)29-21-17-27(18-22-29)33-12-6-8-24-41-33/h1-25H. The van der Waals surface area contributed by atoms with Gasteiger partial charge in [0.25, 0.3) is 0 Å². The minimum atomic E-state index is 0.961. The van der Waals surface area contributed by atoms with Crippen LogP contribution in [0.1, 0.15) is 0 Å². The van der Waals surface area contributed by atoms with Gasteiger partial charge in [0, 0.05) is 45.7 Å². The maximum absolute atomic E-state index is 5.39. The Morgan fingerprint density at radius 1 is 0.386 bits per heavy atom. The molecule has 0 radical (unpaired) electrons. The molecule has 5 heteroatoms. The first-order valence-corrected chi connectivity index (χ1v) is 14.7. The molecular formula is C39H25N5. The van der Waals surface area contributed by atoms with Gasteiger partial charge in [-0.1, -0.05) is 72.8 Å². The normalized spacial score (nSPS) is 11.6. The molecule has 9 rings (SSSR count). The molecule has 0 saturated carbocycles. The van der Waals surface area contributed by atoms with Gasteiger partial charge < -0.3 is 9.13 Å². The fraction of sp³-hybridized carbons (Fsp3) is 0. The smallest absolute Gasteiger partial charge is 0.0972 e. The van der Waals surface area contributed by atoms with Gasteiger partial charge in [0.2, 0.25) is 0 Å². The van der Waals surface area contributed by atoms with Gasteiger partial charge >= 0.3 is 0 Å². The molecule has 4 aromatic carbocycles. The molecule has 0 unspecified atom stereocenters. The highest BCUT2D eigenvalue weighted by molar-refractivity contribution is 6.15. The van der Waals surface area contributed by atoms with Gasteiger partial charge in [0.05, 0.1) is 44.5 Å². The number of hydrogen-bond donors (Lipinski definition) is 0. The lowest BCUT2D eigenvalue weighted by molar-refractivity contribution is 1.16. The van der Waals surface area contributed by atoms with E-state index < -0.39 is 0 Å². The van der Waals surface area contributed by atoms with E-state index in [1.165, 1.54) is 0 Å². The van der Waals surface area contributed by atoms with Crippen LogP contribution in [-0.2, 0) is 0 Å². The van der Waals surface area contributed by atoms with Gasteiger partial charge in [0.1, 0.15) is 0 Å². The molecule has 5 heterocycles. The van der Waals surface area contributed by atoms with Crippen LogP contribution in [0.2, 0.25) is 0 Å². The number of rotatable bonds is 4. The van der Waals surface area contributed by atoms with Gasteiger partial charge in [0.15, 0.2) is 0 Å². The molecule has 9 aromatic rings. The van der Waals surface area contributed by atoms with Crippen LogP contribution in [0.3, 0.4) is 0 Å². The predicted molar refractivity (Wildman–Crippen MR) is 179 cm³/mol. The maximum Gasteiger partial charge on any atom is 0.0972 e. The molecule has 0 aliphatic carbocycles. The van der Waals surface area contributed by atoms with Gasteiger partial charge in [-0.25, -0.2) is 4.98 Å². The number of hydrogen-bond acceptors (Lipinski definition) is 3. The summed E-state index contributed by atoms with van der Waals surface area (Å²) in [4.78, 5) is 14.5. The zero-order valence-corrected chi connectivity index (χ0v) is 23.7. The first kappa shape index (κ1) is 24.5. The summed E-state index contributed by atoms with van der Waals surface area (Å²) >= 11 is 0. The lowest BCUT2D eigenvalue weighted by atomic mass is 10.1. The number of para-hydroxylation sites is 2. The molecule has 0 saturated heterocycles. The van der Waals surface area contributed by atoms with Crippen LogP contribution in [-0.4, -0.2) is 24.1 Å². The molecule has 0 atom stereocenters. The van der Waals surface area contributed by atoms with E-state index in [2.05, 4.69) is 122 Å². The van der Waals surface area contributed by atoms with Crippen LogP contribution in [0.4, 0.5) is 0 Å². The third kappa shape index (κ3) is 3.76. The van der Waals surface area contributed by atoms with Crippen molar-refractivity contribution < 1.29 is 0 Å². The first-order chi connectivity index (χ1) is 21.8. The summed E-state index contributed by atoms with van der Waals surface area (Å²) < 4.78 is 4.65. The van der Waals surface area contributed by atoms with Crippen molar-refractivity contribution in [1.82, 2.24) is 24.1 Å². The van der Waals surface area contributed by atoms with Gasteiger partial charge in [-0.15, -0.1) is 0 Å². The lowest BCUT2D eigenvalue weighted by Gasteiger charge is -2.11. The van der Waals surface area contributed by atoms with E-state index in [9.17, 15) is 0 Å². The van der Waals surface area contributed by atoms with Gasteiger partial charge in [-0.2, -0.15) is 0 Å². The van der Waals surface area contributed by atoms with Crippen LogP contribution in [0.25, 0.3) is 77.8 Å². The lowest BCUT2D eigenvalue weighted by Crippen LogP contribution is -1.97. The van der Waals surface area contributed by atoms with Crippen LogP contribution in [0.15, 0.2) is 152 Å². The number of benzene rings is 4. The third-order valence-electron chi connectivity index (χ3n) is 8.44. The van der Waals surface area contributed by atoms with Crippen LogP contribution >= 0.6 is 0 Å². The molecule has 5 nitrogen and oxygen atoms in total. The fourth-order valence-electron chi connectivity index (χ4n) is 6.41. The molecule has 0 aliphatic rings. The average Bonchev–Trinajstić information content (AvgIpc) is 3.60. The van der Waals surface area contributed by atoms with E-state index in [1.54, 1.807) is 0 Å². The van der Waals surface area contributed by atoms with Crippen molar-refractivity contribution in [3.63, 3.8) is 0 Å². The van der Waals surface area contributed by atoms with Crippen molar-refractivity contribution in [2.45, 2.75) is 0 Å². The molecule has 44 heavy (non-hydrogen) atoms. The summed E-state index contributed by atoms with van der Waals surface area (Å²) in [5.41, 5.74) is 12.6. The maximum atomic E-state index is 5.39. The van der Waals surface area contributed by atoms with E-state index in [0.29, 0.717) is 0 Å². The Bertz CT molecular complexity index is 2280. The molecule has 0 amide bonds. The number of fused-ring (bicyclic) bond motifs is 6. The Labute approximate surface area is 253 Å². The summed E-state index contributed by atoms with van der Waals surface area (Å²) in [6.07, 6.45) is 3.66. The van der Waals surface area contributed by atoms with E-state index >= 15 is 0 Å². The Morgan fingerprint density at radius 3 is 1.25 bits per heavy atom. The van der Waals surface area contributed by atoms with Crippen LogP contribution in [0.5, 0.6) is 0 Å². The van der Waals surface area contributed by atoms with Crippen molar-refractivity contribution >= 4 is 43.9 Å². The Morgan fingerprint density at radius 2 is 0.818 bits per heavy atom. The largest absolute Gasteiger partial charge is 0.308 e. The summed E-state index contributed by atoms with van der Waals surface area (Å²) in [7, 11) is 0. The Hall–Kier alpha value is -6.07. The molecule has 206 valence electrons. The van der Waals surface area contributed by atoms with E-state index in [0.717, 1.165) is 77.8 Å². The van der Waals surface area contributed by atoms with E-state index in [-0.39, 0.29) is 0 Å². The second-order valence-electron chi connectivity index (χ2n) is 11.0. The number of pyridine rings is 3. The molecule has 0 aliphatic heterocycles.